The fraction of sp³-hybridized carbons (Fsp3) is 0.942. The molecule has 0 aromatic rings. The molecule has 0 aromatic heterocycles. The zero-order valence-corrected chi connectivity index (χ0v) is 51.1. The van der Waals surface area contributed by atoms with Gasteiger partial charge in [-0.25, -0.2) is 0 Å². The SMILES string of the molecule is CCCCCCCCCCCCCCCCC/C=C/C(O)C(CO)NC(=O)CCCCCCCCCCCCCCCCCCCCCCCCCCCCCOC(=O)CCCCCCCCCCCCCCCC. The molecule has 0 spiro atoms. The van der Waals surface area contributed by atoms with Crippen molar-refractivity contribution in [2.45, 2.75) is 405 Å². The Hall–Kier alpha value is -1.40. The van der Waals surface area contributed by atoms with Crippen LogP contribution in [0, 0.1) is 0 Å². The Kier molecular flexibility index (Phi) is 63.9. The quantitative estimate of drug-likeness (QED) is 0.0320. The molecule has 0 aliphatic rings. The number of amides is 1. The van der Waals surface area contributed by atoms with E-state index in [-0.39, 0.29) is 18.5 Å². The van der Waals surface area contributed by atoms with Crippen LogP contribution in [0.5, 0.6) is 0 Å². The second-order valence-electron chi connectivity index (χ2n) is 23.9. The first-order chi connectivity index (χ1) is 37.0. The molecule has 1 amide bonds. The molecule has 0 saturated heterocycles. The van der Waals surface area contributed by atoms with Crippen molar-refractivity contribution in [1.29, 1.82) is 0 Å². The molecule has 0 aromatic carbocycles. The molecule has 0 heterocycles. The number of carbonyl (C=O) groups is 2. The summed E-state index contributed by atoms with van der Waals surface area (Å²) in [6.45, 7) is 4.95. The zero-order valence-electron chi connectivity index (χ0n) is 51.1. The Bertz CT molecular complexity index is 1130. The maximum Gasteiger partial charge on any atom is 0.305 e. The molecule has 6 nitrogen and oxygen atoms in total. The van der Waals surface area contributed by atoms with Gasteiger partial charge in [-0.15, -0.1) is 0 Å². The van der Waals surface area contributed by atoms with Gasteiger partial charge < -0.3 is 20.3 Å². The summed E-state index contributed by atoms with van der Waals surface area (Å²) < 4.78 is 5.49. The van der Waals surface area contributed by atoms with E-state index < -0.39 is 12.1 Å². The van der Waals surface area contributed by atoms with Crippen LogP contribution in [0.3, 0.4) is 0 Å². The standard InChI is InChI=1S/C69H135NO5/c1-3-5-7-9-11-13-15-17-19-31-34-37-41-45-49-53-57-61-67(72)66(65-71)70-68(73)62-58-54-50-46-42-38-35-32-29-27-25-23-21-20-22-24-26-28-30-33-36-40-44-48-52-56-60-64-75-69(74)63-59-55-51-47-43-39-18-16-14-12-10-8-6-4-2/h57,61,66-67,71-72H,3-56,58-60,62-65H2,1-2H3,(H,70,73)/b61-57+. The Morgan fingerprint density at radius 1 is 0.360 bits per heavy atom. The lowest BCUT2D eigenvalue weighted by Gasteiger charge is -2.20. The molecular weight excluding hydrogens is 923 g/mol. The first kappa shape index (κ1) is 73.6. The molecule has 0 rings (SSSR count). The second-order valence-corrected chi connectivity index (χ2v) is 23.9. The van der Waals surface area contributed by atoms with E-state index in [9.17, 15) is 19.8 Å². The lowest BCUT2D eigenvalue weighted by molar-refractivity contribution is -0.143. The van der Waals surface area contributed by atoms with Crippen molar-refractivity contribution < 1.29 is 24.5 Å². The minimum atomic E-state index is -0.842. The maximum absolute atomic E-state index is 12.5. The fourth-order valence-electron chi connectivity index (χ4n) is 11.1. The van der Waals surface area contributed by atoms with E-state index >= 15 is 0 Å². The third-order valence-corrected chi connectivity index (χ3v) is 16.3. The van der Waals surface area contributed by atoms with E-state index in [4.69, 9.17) is 4.74 Å². The number of hydrogen-bond acceptors (Lipinski definition) is 5. The van der Waals surface area contributed by atoms with Crippen LogP contribution in [0.1, 0.15) is 393 Å². The Balaban J connectivity index is 3.36. The van der Waals surface area contributed by atoms with Crippen molar-refractivity contribution in [2.75, 3.05) is 13.2 Å². The van der Waals surface area contributed by atoms with E-state index in [0.29, 0.717) is 19.4 Å². The Morgan fingerprint density at radius 3 is 0.907 bits per heavy atom. The van der Waals surface area contributed by atoms with E-state index in [1.165, 1.54) is 327 Å². The summed E-state index contributed by atoms with van der Waals surface area (Å²) in [7, 11) is 0. The van der Waals surface area contributed by atoms with E-state index in [2.05, 4.69) is 19.2 Å². The van der Waals surface area contributed by atoms with Crippen LogP contribution >= 0.6 is 0 Å². The monoisotopic (exact) mass is 1060 g/mol. The molecule has 0 saturated carbocycles. The molecule has 6 heteroatoms. The molecule has 0 fully saturated rings. The van der Waals surface area contributed by atoms with Gasteiger partial charge in [0.2, 0.25) is 5.91 Å². The van der Waals surface area contributed by atoms with Gasteiger partial charge in [0.05, 0.1) is 25.4 Å². The summed E-state index contributed by atoms with van der Waals surface area (Å²) in [4.78, 5) is 24.6. The van der Waals surface area contributed by atoms with Crippen molar-refractivity contribution in [2.24, 2.45) is 0 Å². The molecule has 75 heavy (non-hydrogen) atoms. The van der Waals surface area contributed by atoms with Crippen molar-refractivity contribution in [3.05, 3.63) is 12.2 Å². The van der Waals surface area contributed by atoms with Gasteiger partial charge in [-0.1, -0.05) is 360 Å². The highest BCUT2D eigenvalue weighted by atomic mass is 16.5. The number of nitrogens with one attached hydrogen (secondary N) is 1. The summed E-state index contributed by atoms with van der Waals surface area (Å²) in [6.07, 6.45) is 80.0. The smallest absolute Gasteiger partial charge is 0.305 e. The molecule has 0 aliphatic heterocycles. The number of ether oxygens (including phenoxy) is 1. The third-order valence-electron chi connectivity index (χ3n) is 16.3. The van der Waals surface area contributed by atoms with Gasteiger partial charge in [0.1, 0.15) is 0 Å². The summed E-state index contributed by atoms with van der Waals surface area (Å²) in [6, 6.07) is -0.625. The fourth-order valence-corrected chi connectivity index (χ4v) is 11.1. The number of hydrogen-bond donors (Lipinski definition) is 3. The van der Waals surface area contributed by atoms with Crippen molar-refractivity contribution >= 4 is 11.9 Å². The number of esters is 1. The van der Waals surface area contributed by atoms with Gasteiger partial charge in [-0.05, 0) is 32.1 Å². The number of rotatable bonds is 65. The van der Waals surface area contributed by atoms with Crippen molar-refractivity contribution in [3.8, 4) is 0 Å². The van der Waals surface area contributed by atoms with Gasteiger partial charge in [-0.3, -0.25) is 9.59 Å². The lowest BCUT2D eigenvalue weighted by atomic mass is 10.0. The van der Waals surface area contributed by atoms with Crippen molar-refractivity contribution in [3.63, 3.8) is 0 Å². The predicted molar refractivity (Wildman–Crippen MR) is 329 cm³/mol. The van der Waals surface area contributed by atoms with Crippen LogP contribution in [-0.4, -0.2) is 47.4 Å². The number of carbonyl (C=O) groups excluding carboxylic acids is 2. The third kappa shape index (κ3) is 61.7. The summed E-state index contributed by atoms with van der Waals surface area (Å²) >= 11 is 0. The minimum absolute atomic E-state index is 0.0208. The van der Waals surface area contributed by atoms with Gasteiger partial charge in [0, 0.05) is 12.8 Å². The Morgan fingerprint density at radius 2 is 0.613 bits per heavy atom. The molecule has 446 valence electrons. The highest BCUT2D eigenvalue weighted by molar-refractivity contribution is 5.76. The van der Waals surface area contributed by atoms with Gasteiger partial charge in [0.15, 0.2) is 0 Å². The molecule has 2 atom stereocenters. The van der Waals surface area contributed by atoms with Crippen LogP contribution < -0.4 is 5.32 Å². The molecule has 0 aliphatic carbocycles. The first-order valence-corrected chi connectivity index (χ1v) is 34.5. The minimum Gasteiger partial charge on any atom is -0.466 e. The number of unbranched alkanes of at least 4 members (excludes halogenated alkanes) is 54. The first-order valence-electron chi connectivity index (χ1n) is 34.5. The predicted octanol–water partition coefficient (Wildman–Crippen LogP) is 22.0. The van der Waals surface area contributed by atoms with Gasteiger partial charge in [0.25, 0.3) is 0 Å². The zero-order chi connectivity index (χ0) is 54.3. The highest BCUT2D eigenvalue weighted by Gasteiger charge is 2.18. The number of allylic oxidation sites excluding steroid dienone is 1. The van der Waals surface area contributed by atoms with Crippen LogP contribution in [-0.2, 0) is 14.3 Å². The van der Waals surface area contributed by atoms with Crippen molar-refractivity contribution in [1.82, 2.24) is 5.32 Å². The van der Waals surface area contributed by atoms with E-state index in [1.54, 1.807) is 6.08 Å². The topological polar surface area (TPSA) is 95.9 Å². The summed E-state index contributed by atoms with van der Waals surface area (Å²) in [5, 5.41) is 23.2. The molecule has 0 radical (unpaired) electrons. The van der Waals surface area contributed by atoms with Crippen LogP contribution in [0.15, 0.2) is 12.2 Å². The second kappa shape index (κ2) is 65.1. The highest BCUT2D eigenvalue weighted by Crippen LogP contribution is 2.19. The largest absolute Gasteiger partial charge is 0.466 e. The van der Waals surface area contributed by atoms with Gasteiger partial charge >= 0.3 is 5.97 Å². The summed E-state index contributed by atoms with van der Waals surface area (Å²) in [5.74, 6) is -0.0409. The molecule has 0 bridgehead atoms. The summed E-state index contributed by atoms with van der Waals surface area (Å²) in [5.41, 5.74) is 0. The lowest BCUT2D eigenvalue weighted by Crippen LogP contribution is -2.45. The molecule has 2 unspecified atom stereocenters. The molecule has 3 N–H and O–H groups in total. The molecular formula is C69H135NO5. The number of aliphatic hydroxyl groups excluding tert-OH is 2. The van der Waals surface area contributed by atoms with Crippen LogP contribution in [0.4, 0.5) is 0 Å². The average molecular weight is 1060 g/mol. The van der Waals surface area contributed by atoms with Crippen LogP contribution in [0.25, 0.3) is 0 Å². The van der Waals surface area contributed by atoms with Crippen LogP contribution in [0.2, 0.25) is 0 Å². The average Bonchev–Trinajstić information content (AvgIpc) is 3.41. The maximum atomic E-state index is 12.5. The Labute approximate surface area is 469 Å². The van der Waals surface area contributed by atoms with E-state index in [0.717, 1.165) is 38.5 Å². The normalized spacial score (nSPS) is 12.5. The van der Waals surface area contributed by atoms with E-state index in [1.807, 2.05) is 6.08 Å². The van der Waals surface area contributed by atoms with Gasteiger partial charge in [-0.2, -0.15) is 0 Å². The number of aliphatic hydroxyl groups is 2.